The molecule has 0 aliphatic carbocycles. The van der Waals surface area contributed by atoms with Gasteiger partial charge in [-0.1, -0.05) is 0 Å². The molecule has 12 heavy (non-hydrogen) atoms. The third-order valence-electron chi connectivity index (χ3n) is 2.23. The Morgan fingerprint density at radius 2 is 1.83 bits per heavy atom. The van der Waals surface area contributed by atoms with Gasteiger partial charge in [-0.15, -0.1) is 0 Å². The Labute approximate surface area is 71.2 Å². The average Bonchev–Trinajstić information content (AvgIpc) is 2.51. The van der Waals surface area contributed by atoms with Crippen LogP contribution < -0.4 is 0 Å². The zero-order chi connectivity index (χ0) is 8.97. The summed E-state index contributed by atoms with van der Waals surface area (Å²) in [4.78, 5) is 2.12. The summed E-state index contributed by atoms with van der Waals surface area (Å²) in [5.74, 6) is 0. The Balaban J connectivity index is 2.07. The van der Waals surface area contributed by atoms with Gasteiger partial charge in [-0.2, -0.15) is 0 Å². The lowest BCUT2D eigenvalue weighted by Gasteiger charge is -2.16. The largest absolute Gasteiger partial charge is 0.387 e. The summed E-state index contributed by atoms with van der Waals surface area (Å²) in [6.45, 7) is 2.59. The lowest BCUT2D eigenvalue weighted by atomic mass is 10.2. The molecule has 0 aromatic heterocycles. The maximum Gasteiger partial charge on any atom is 0.264 e. The molecule has 2 nitrogen and oxygen atoms in total. The molecule has 0 radical (unpaired) electrons. The number of nitrogens with zero attached hydrogens (tertiary/aromatic N) is 1. The van der Waals surface area contributed by atoms with Crippen LogP contribution in [-0.2, 0) is 0 Å². The van der Waals surface area contributed by atoms with Crippen LogP contribution in [0.1, 0.15) is 19.3 Å². The minimum absolute atomic E-state index is 0.192. The smallest absolute Gasteiger partial charge is 0.264 e. The molecule has 0 bridgehead atoms. The molecule has 1 heterocycles. The van der Waals surface area contributed by atoms with Crippen molar-refractivity contribution in [2.24, 2.45) is 0 Å². The van der Waals surface area contributed by atoms with Crippen molar-refractivity contribution in [3.63, 3.8) is 0 Å². The number of hydrogen-bond donors (Lipinski definition) is 1. The summed E-state index contributed by atoms with van der Waals surface area (Å²) >= 11 is 0. The van der Waals surface area contributed by atoms with Crippen molar-refractivity contribution in [3.8, 4) is 0 Å². The van der Waals surface area contributed by atoms with E-state index in [1.54, 1.807) is 0 Å². The molecule has 4 heteroatoms. The van der Waals surface area contributed by atoms with Gasteiger partial charge in [0.25, 0.3) is 6.43 Å². The van der Waals surface area contributed by atoms with Crippen molar-refractivity contribution in [1.82, 2.24) is 4.90 Å². The van der Waals surface area contributed by atoms with E-state index in [0.717, 1.165) is 25.9 Å². The number of hydrogen-bond acceptors (Lipinski definition) is 2. The standard InChI is InChI=1S/C8H15F2NO/c9-8(10)7(12)3-6-11-4-1-2-5-11/h7-8,12H,1-6H2. The van der Waals surface area contributed by atoms with Crippen LogP contribution in [0.4, 0.5) is 8.78 Å². The second kappa shape index (κ2) is 4.72. The molecule has 0 amide bonds. The second-order valence-corrected chi connectivity index (χ2v) is 3.24. The van der Waals surface area contributed by atoms with E-state index in [-0.39, 0.29) is 6.42 Å². The number of rotatable bonds is 4. The summed E-state index contributed by atoms with van der Waals surface area (Å²) in [6.07, 6.45) is -1.52. The maximum atomic E-state index is 11.8. The fourth-order valence-electron chi connectivity index (χ4n) is 1.45. The fourth-order valence-corrected chi connectivity index (χ4v) is 1.45. The van der Waals surface area contributed by atoms with Crippen molar-refractivity contribution in [3.05, 3.63) is 0 Å². The molecule has 1 atom stereocenters. The van der Waals surface area contributed by atoms with E-state index < -0.39 is 12.5 Å². The fraction of sp³-hybridized carbons (Fsp3) is 1.00. The molecule has 72 valence electrons. The highest BCUT2D eigenvalue weighted by molar-refractivity contribution is 4.68. The number of likely N-dealkylation sites (tertiary alicyclic amines) is 1. The third kappa shape index (κ3) is 3.03. The lowest BCUT2D eigenvalue weighted by molar-refractivity contribution is -0.0126. The molecule has 0 saturated carbocycles. The monoisotopic (exact) mass is 179 g/mol. The Morgan fingerprint density at radius 1 is 1.25 bits per heavy atom. The molecule has 1 unspecified atom stereocenters. The van der Waals surface area contributed by atoms with Gasteiger partial charge in [0.05, 0.1) is 0 Å². The Morgan fingerprint density at radius 3 is 2.33 bits per heavy atom. The highest BCUT2D eigenvalue weighted by atomic mass is 19.3. The minimum Gasteiger partial charge on any atom is -0.387 e. The van der Waals surface area contributed by atoms with Crippen LogP contribution in [0.25, 0.3) is 0 Å². The topological polar surface area (TPSA) is 23.5 Å². The van der Waals surface area contributed by atoms with Gasteiger partial charge in [0, 0.05) is 6.54 Å². The zero-order valence-corrected chi connectivity index (χ0v) is 7.05. The van der Waals surface area contributed by atoms with Crippen LogP contribution in [0.3, 0.4) is 0 Å². The van der Waals surface area contributed by atoms with E-state index in [4.69, 9.17) is 5.11 Å². The van der Waals surface area contributed by atoms with Crippen molar-refractivity contribution < 1.29 is 13.9 Å². The zero-order valence-electron chi connectivity index (χ0n) is 7.05. The Bertz CT molecular complexity index is 124. The van der Waals surface area contributed by atoms with Crippen molar-refractivity contribution in [2.75, 3.05) is 19.6 Å². The maximum absolute atomic E-state index is 11.8. The van der Waals surface area contributed by atoms with Gasteiger partial charge >= 0.3 is 0 Å². The lowest BCUT2D eigenvalue weighted by Crippen LogP contribution is -2.27. The molecule has 1 saturated heterocycles. The van der Waals surface area contributed by atoms with Crippen molar-refractivity contribution >= 4 is 0 Å². The molecule has 0 spiro atoms. The molecule has 1 aliphatic heterocycles. The van der Waals surface area contributed by atoms with Gasteiger partial charge in [-0.05, 0) is 32.4 Å². The third-order valence-corrected chi connectivity index (χ3v) is 2.23. The van der Waals surface area contributed by atoms with Crippen LogP contribution in [0.2, 0.25) is 0 Å². The molecule has 0 aromatic rings. The summed E-state index contributed by atoms with van der Waals surface area (Å²) < 4.78 is 23.7. The van der Waals surface area contributed by atoms with Crippen LogP contribution in [0.15, 0.2) is 0 Å². The second-order valence-electron chi connectivity index (χ2n) is 3.24. The minimum atomic E-state index is -2.59. The Hall–Kier alpha value is -0.220. The first-order valence-corrected chi connectivity index (χ1v) is 4.38. The van der Waals surface area contributed by atoms with Gasteiger partial charge in [-0.3, -0.25) is 0 Å². The first kappa shape index (κ1) is 9.86. The first-order valence-electron chi connectivity index (χ1n) is 4.38. The quantitative estimate of drug-likeness (QED) is 0.698. The normalized spacial score (nSPS) is 22.0. The molecule has 1 fully saturated rings. The molecule has 1 N–H and O–H groups in total. The average molecular weight is 179 g/mol. The summed E-state index contributed by atoms with van der Waals surface area (Å²) in [5, 5.41) is 8.81. The number of aliphatic hydroxyl groups is 1. The molecular formula is C8H15F2NO. The highest BCUT2D eigenvalue weighted by Crippen LogP contribution is 2.10. The number of halogens is 2. The van der Waals surface area contributed by atoms with Gasteiger partial charge in [0.15, 0.2) is 0 Å². The first-order chi connectivity index (χ1) is 5.70. The molecular weight excluding hydrogens is 164 g/mol. The predicted molar refractivity (Wildman–Crippen MR) is 42.3 cm³/mol. The SMILES string of the molecule is OC(CCN1CCCC1)C(F)F. The predicted octanol–water partition coefficient (Wildman–Crippen LogP) is 1.10. The van der Waals surface area contributed by atoms with E-state index in [9.17, 15) is 8.78 Å². The van der Waals surface area contributed by atoms with Crippen LogP contribution >= 0.6 is 0 Å². The summed E-state index contributed by atoms with van der Waals surface area (Å²) in [6, 6.07) is 0. The Kier molecular flexibility index (Phi) is 3.88. The van der Waals surface area contributed by atoms with E-state index >= 15 is 0 Å². The van der Waals surface area contributed by atoms with Gasteiger partial charge in [-0.25, -0.2) is 8.78 Å². The van der Waals surface area contributed by atoms with E-state index in [0.29, 0.717) is 6.54 Å². The summed E-state index contributed by atoms with van der Waals surface area (Å²) in [7, 11) is 0. The van der Waals surface area contributed by atoms with Crippen molar-refractivity contribution in [2.45, 2.75) is 31.8 Å². The van der Waals surface area contributed by atoms with Gasteiger partial charge < -0.3 is 10.0 Å². The van der Waals surface area contributed by atoms with Crippen LogP contribution in [0.5, 0.6) is 0 Å². The van der Waals surface area contributed by atoms with Crippen LogP contribution in [0, 0.1) is 0 Å². The van der Waals surface area contributed by atoms with Crippen LogP contribution in [-0.4, -0.2) is 42.2 Å². The van der Waals surface area contributed by atoms with Gasteiger partial charge in [0.2, 0.25) is 0 Å². The van der Waals surface area contributed by atoms with E-state index in [1.807, 2.05) is 0 Å². The number of aliphatic hydroxyl groups excluding tert-OH is 1. The molecule has 1 aliphatic rings. The van der Waals surface area contributed by atoms with Crippen molar-refractivity contribution in [1.29, 1.82) is 0 Å². The number of alkyl halides is 2. The summed E-state index contributed by atoms with van der Waals surface area (Å²) in [5.41, 5.74) is 0. The highest BCUT2D eigenvalue weighted by Gasteiger charge is 2.19. The van der Waals surface area contributed by atoms with E-state index in [2.05, 4.69) is 4.90 Å². The van der Waals surface area contributed by atoms with E-state index in [1.165, 1.54) is 0 Å². The van der Waals surface area contributed by atoms with Gasteiger partial charge in [0.1, 0.15) is 6.10 Å². The molecule has 1 rings (SSSR count). The molecule has 0 aromatic carbocycles.